The second-order valence-electron chi connectivity index (χ2n) is 5.81. The zero-order chi connectivity index (χ0) is 18.8. The maximum atomic E-state index is 13.3. The van der Waals surface area contributed by atoms with Crippen LogP contribution in [0.25, 0.3) is 10.2 Å². The van der Waals surface area contributed by atoms with E-state index in [1.54, 1.807) is 54.7 Å². The molecule has 0 radical (unpaired) electrons. The van der Waals surface area contributed by atoms with Crippen LogP contribution in [0.4, 0.5) is 5.13 Å². The van der Waals surface area contributed by atoms with Gasteiger partial charge in [-0.2, -0.15) is 0 Å². The second-order valence-corrected chi connectivity index (χ2v) is 7.26. The average molecular weight is 399 g/mol. The van der Waals surface area contributed by atoms with Crippen LogP contribution < -0.4 is 9.64 Å². The van der Waals surface area contributed by atoms with Crippen molar-refractivity contribution in [1.29, 1.82) is 0 Å². The highest BCUT2D eigenvalue weighted by Crippen LogP contribution is 2.32. The Morgan fingerprint density at radius 2 is 2.11 bits per heavy atom. The van der Waals surface area contributed by atoms with Gasteiger partial charge in [0.1, 0.15) is 11.5 Å². The number of hydrogen-bond donors (Lipinski definition) is 0. The molecule has 136 valence electrons. The standard InChI is InChI=1S/C20H15ClN2O3S/c1-25-15-5-2-4-13(10-15)19(24)23(12-16-6-3-9-26-16)20-22-17-8-7-14(21)11-18(17)27-20/h2-11H,12H2,1H3. The van der Waals surface area contributed by atoms with Crippen molar-refractivity contribution in [2.45, 2.75) is 6.54 Å². The second kappa shape index (κ2) is 7.42. The number of nitrogens with zero attached hydrogens (tertiary/aromatic N) is 2. The van der Waals surface area contributed by atoms with Crippen molar-refractivity contribution >= 4 is 44.2 Å². The number of amides is 1. The van der Waals surface area contributed by atoms with E-state index in [2.05, 4.69) is 4.98 Å². The van der Waals surface area contributed by atoms with Crippen LogP contribution in [0.2, 0.25) is 5.02 Å². The van der Waals surface area contributed by atoms with Crippen LogP contribution in [0.3, 0.4) is 0 Å². The topological polar surface area (TPSA) is 55.6 Å². The molecule has 0 fully saturated rings. The van der Waals surface area contributed by atoms with Crippen molar-refractivity contribution in [2.24, 2.45) is 0 Å². The van der Waals surface area contributed by atoms with E-state index in [0.717, 1.165) is 10.2 Å². The molecule has 2 aromatic carbocycles. The van der Waals surface area contributed by atoms with E-state index in [0.29, 0.717) is 27.2 Å². The quantitative estimate of drug-likeness (QED) is 0.451. The SMILES string of the molecule is COc1cccc(C(=O)N(Cc2ccco2)c2nc3ccc(Cl)cc3s2)c1. The summed E-state index contributed by atoms with van der Waals surface area (Å²) in [6.45, 7) is 0.274. The van der Waals surface area contributed by atoms with Gasteiger partial charge in [-0.15, -0.1) is 0 Å². The fraction of sp³-hybridized carbons (Fsp3) is 0.100. The minimum Gasteiger partial charge on any atom is -0.497 e. The summed E-state index contributed by atoms with van der Waals surface area (Å²) in [7, 11) is 1.57. The monoisotopic (exact) mass is 398 g/mol. The number of hydrogen-bond acceptors (Lipinski definition) is 5. The molecule has 7 heteroatoms. The molecule has 0 aliphatic rings. The number of methoxy groups -OCH3 is 1. The van der Waals surface area contributed by atoms with E-state index in [9.17, 15) is 4.79 Å². The zero-order valence-electron chi connectivity index (χ0n) is 14.4. The Morgan fingerprint density at radius 3 is 2.89 bits per heavy atom. The Bertz CT molecular complexity index is 1090. The van der Waals surface area contributed by atoms with Crippen LogP contribution in [-0.2, 0) is 6.54 Å². The summed E-state index contributed by atoms with van der Waals surface area (Å²) in [5, 5.41) is 1.21. The molecule has 0 bridgehead atoms. The largest absolute Gasteiger partial charge is 0.497 e. The molecule has 0 saturated heterocycles. The van der Waals surface area contributed by atoms with Crippen molar-refractivity contribution in [1.82, 2.24) is 4.98 Å². The highest BCUT2D eigenvalue weighted by atomic mass is 35.5. The van der Waals surface area contributed by atoms with Gasteiger partial charge >= 0.3 is 0 Å². The number of aromatic nitrogens is 1. The first-order valence-corrected chi connectivity index (χ1v) is 9.38. The molecule has 2 heterocycles. The number of carbonyl (C=O) groups excluding carboxylic acids is 1. The van der Waals surface area contributed by atoms with Crippen molar-refractivity contribution in [3.63, 3.8) is 0 Å². The summed E-state index contributed by atoms with van der Waals surface area (Å²) in [6.07, 6.45) is 1.58. The molecule has 0 spiro atoms. The minimum absolute atomic E-state index is 0.185. The Labute approximate surface area is 164 Å². The zero-order valence-corrected chi connectivity index (χ0v) is 16.0. The summed E-state index contributed by atoms with van der Waals surface area (Å²) in [6, 6.07) is 16.2. The molecular weight excluding hydrogens is 384 g/mol. The summed E-state index contributed by atoms with van der Waals surface area (Å²) in [5.74, 6) is 1.11. The summed E-state index contributed by atoms with van der Waals surface area (Å²) >= 11 is 7.49. The van der Waals surface area contributed by atoms with Gasteiger partial charge in [0, 0.05) is 10.6 Å². The molecule has 0 N–H and O–H groups in total. The molecule has 2 aromatic heterocycles. The molecule has 0 aliphatic heterocycles. The maximum absolute atomic E-state index is 13.3. The third-order valence-corrected chi connectivity index (χ3v) is 5.30. The predicted molar refractivity (Wildman–Crippen MR) is 107 cm³/mol. The molecule has 0 unspecified atom stereocenters. The Hall–Kier alpha value is -2.83. The molecule has 27 heavy (non-hydrogen) atoms. The highest BCUT2D eigenvalue weighted by Gasteiger charge is 2.23. The third kappa shape index (κ3) is 3.67. The van der Waals surface area contributed by atoms with Gasteiger partial charge in [0.15, 0.2) is 5.13 Å². The van der Waals surface area contributed by atoms with Crippen LogP contribution in [0.5, 0.6) is 5.75 Å². The van der Waals surface area contributed by atoms with Crippen LogP contribution in [0.1, 0.15) is 16.1 Å². The summed E-state index contributed by atoms with van der Waals surface area (Å²) < 4.78 is 11.6. The van der Waals surface area contributed by atoms with Gasteiger partial charge in [0.25, 0.3) is 5.91 Å². The number of benzene rings is 2. The van der Waals surface area contributed by atoms with Crippen LogP contribution in [0, 0.1) is 0 Å². The summed E-state index contributed by atoms with van der Waals surface area (Å²) in [5.41, 5.74) is 1.31. The van der Waals surface area contributed by atoms with Crippen molar-refractivity contribution < 1.29 is 13.9 Å². The Morgan fingerprint density at radius 1 is 1.22 bits per heavy atom. The number of rotatable bonds is 5. The number of furan rings is 1. The molecule has 0 atom stereocenters. The maximum Gasteiger partial charge on any atom is 0.260 e. The molecule has 4 rings (SSSR count). The van der Waals surface area contributed by atoms with Crippen LogP contribution in [-0.4, -0.2) is 18.0 Å². The lowest BCUT2D eigenvalue weighted by atomic mass is 10.2. The lowest BCUT2D eigenvalue weighted by Gasteiger charge is -2.19. The van der Waals surface area contributed by atoms with Crippen molar-refractivity contribution in [3.05, 3.63) is 77.2 Å². The van der Waals surface area contributed by atoms with Gasteiger partial charge in [-0.1, -0.05) is 29.0 Å². The fourth-order valence-electron chi connectivity index (χ4n) is 2.70. The first-order chi connectivity index (χ1) is 13.1. The van der Waals surface area contributed by atoms with Gasteiger partial charge in [-0.05, 0) is 48.5 Å². The first-order valence-electron chi connectivity index (χ1n) is 8.18. The molecule has 1 amide bonds. The van der Waals surface area contributed by atoms with E-state index in [4.69, 9.17) is 20.8 Å². The van der Waals surface area contributed by atoms with Gasteiger partial charge < -0.3 is 9.15 Å². The summed E-state index contributed by atoms with van der Waals surface area (Å²) in [4.78, 5) is 19.5. The Balaban J connectivity index is 1.76. The number of fused-ring (bicyclic) bond motifs is 1. The average Bonchev–Trinajstić information content (AvgIpc) is 3.34. The van der Waals surface area contributed by atoms with Crippen molar-refractivity contribution in [3.8, 4) is 5.75 Å². The fourth-order valence-corrected chi connectivity index (χ4v) is 3.94. The van der Waals surface area contributed by atoms with Gasteiger partial charge in [0.05, 0.1) is 30.1 Å². The van der Waals surface area contributed by atoms with Crippen molar-refractivity contribution in [2.75, 3.05) is 12.0 Å². The molecule has 4 aromatic rings. The lowest BCUT2D eigenvalue weighted by Crippen LogP contribution is -2.30. The highest BCUT2D eigenvalue weighted by molar-refractivity contribution is 7.22. The van der Waals surface area contributed by atoms with E-state index in [1.807, 2.05) is 18.2 Å². The predicted octanol–water partition coefficient (Wildman–Crippen LogP) is 5.40. The number of ether oxygens (including phenoxy) is 1. The van der Waals surface area contributed by atoms with E-state index in [1.165, 1.54) is 11.3 Å². The normalized spacial score (nSPS) is 10.9. The van der Waals surface area contributed by atoms with Gasteiger partial charge in [-0.3, -0.25) is 9.69 Å². The minimum atomic E-state index is -0.185. The van der Waals surface area contributed by atoms with E-state index in [-0.39, 0.29) is 12.5 Å². The number of halogens is 1. The van der Waals surface area contributed by atoms with Gasteiger partial charge in [0.2, 0.25) is 0 Å². The molecular formula is C20H15ClN2O3S. The van der Waals surface area contributed by atoms with Crippen LogP contribution in [0.15, 0.2) is 65.3 Å². The van der Waals surface area contributed by atoms with E-state index >= 15 is 0 Å². The molecule has 0 aliphatic carbocycles. The van der Waals surface area contributed by atoms with E-state index < -0.39 is 0 Å². The molecule has 5 nitrogen and oxygen atoms in total. The number of anilines is 1. The lowest BCUT2D eigenvalue weighted by molar-refractivity contribution is 0.0983. The third-order valence-electron chi connectivity index (χ3n) is 4.03. The number of thiazole rings is 1. The van der Waals surface area contributed by atoms with Gasteiger partial charge in [-0.25, -0.2) is 4.98 Å². The molecule has 0 saturated carbocycles. The number of carbonyl (C=O) groups is 1. The Kier molecular flexibility index (Phi) is 4.83. The smallest absolute Gasteiger partial charge is 0.260 e. The van der Waals surface area contributed by atoms with Crippen LogP contribution >= 0.6 is 22.9 Å². The first kappa shape index (κ1) is 17.6.